The van der Waals surface area contributed by atoms with E-state index in [0.29, 0.717) is 12.2 Å². The van der Waals surface area contributed by atoms with Crippen LogP contribution in [0.4, 0.5) is 0 Å². The molecular weight excluding hydrogens is 174 g/mol. The average Bonchev–Trinajstić information content (AvgIpc) is 2.54. The third kappa shape index (κ3) is 2.48. The number of rotatable bonds is 5. The van der Waals surface area contributed by atoms with Crippen molar-refractivity contribution in [3.05, 3.63) is 11.9 Å². The fourth-order valence-electron chi connectivity index (χ4n) is 1.04. The molecule has 0 saturated carbocycles. The topological polar surface area (TPSA) is 80.4 Å². The molecular formula is C7H13N3O3. The van der Waals surface area contributed by atoms with Crippen LogP contribution < -0.4 is 0 Å². The molecule has 2 N–H and O–H groups in total. The first-order valence-electron chi connectivity index (χ1n) is 3.95. The molecule has 74 valence electrons. The lowest BCUT2D eigenvalue weighted by Gasteiger charge is -2.09. The molecule has 6 nitrogen and oxygen atoms in total. The van der Waals surface area contributed by atoms with E-state index in [1.54, 1.807) is 0 Å². The SMILES string of the molecule is COC[C@H](O)c1cnnn1CCO. The van der Waals surface area contributed by atoms with Gasteiger partial charge < -0.3 is 14.9 Å². The summed E-state index contributed by atoms with van der Waals surface area (Å²) in [4.78, 5) is 0. The van der Waals surface area contributed by atoms with E-state index in [0.717, 1.165) is 0 Å². The van der Waals surface area contributed by atoms with Crippen LogP contribution >= 0.6 is 0 Å². The molecule has 0 aliphatic heterocycles. The van der Waals surface area contributed by atoms with Crippen LogP contribution in [0.25, 0.3) is 0 Å². The van der Waals surface area contributed by atoms with Gasteiger partial charge in [0.05, 0.1) is 31.6 Å². The first-order valence-corrected chi connectivity index (χ1v) is 3.95. The normalized spacial score (nSPS) is 13.2. The van der Waals surface area contributed by atoms with Crippen molar-refractivity contribution < 1.29 is 14.9 Å². The van der Waals surface area contributed by atoms with Gasteiger partial charge in [0, 0.05) is 7.11 Å². The van der Waals surface area contributed by atoms with E-state index in [1.807, 2.05) is 0 Å². The van der Waals surface area contributed by atoms with Crippen LogP contribution in [0.1, 0.15) is 11.8 Å². The third-order valence-electron chi connectivity index (χ3n) is 1.63. The maximum Gasteiger partial charge on any atom is 0.120 e. The molecule has 0 amide bonds. The summed E-state index contributed by atoms with van der Waals surface area (Å²) in [7, 11) is 1.50. The van der Waals surface area contributed by atoms with Crippen molar-refractivity contribution in [1.82, 2.24) is 15.0 Å². The molecule has 0 aliphatic carbocycles. The van der Waals surface area contributed by atoms with E-state index >= 15 is 0 Å². The Morgan fingerprint density at radius 2 is 2.46 bits per heavy atom. The third-order valence-corrected chi connectivity index (χ3v) is 1.63. The van der Waals surface area contributed by atoms with Gasteiger partial charge in [-0.15, -0.1) is 5.10 Å². The Balaban J connectivity index is 2.68. The van der Waals surface area contributed by atoms with Crippen LogP contribution in [-0.4, -0.2) is 45.5 Å². The van der Waals surface area contributed by atoms with Crippen LogP contribution in [0.15, 0.2) is 6.20 Å². The van der Waals surface area contributed by atoms with Gasteiger partial charge in [-0.1, -0.05) is 5.21 Å². The number of hydrogen-bond donors (Lipinski definition) is 2. The molecule has 1 heterocycles. The fraction of sp³-hybridized carbons (Fsp3) is 0.714. The summed E-state index contributed by atoms with van der Waals surface area (Å²) in [5.41, 5.74) is 0.552. The zero-order chi connectivity index (χ0) is 9.68. The lowest BCUT2D eigenvalue weighted by atomic mass is 10.3. The lowest BCUT2D eigenvalue weighted by Crippen LogP contribution is -2.14. The van der Waals surface area contributed by atoms with Crippen LogP contribution in [0.2, 0.25) is 0 Å². The summed E-state index contributed by atoms with van der Waals surface area (Å²) < 4.78 is 6.23. The summed E-state index contributed by atoms with van der Waals surface area (Å²) in [5.74, 6) is 0. The molecule has 0 spiro atoms. The monoisotopic (exact) mass is 187 g/mol. The van der Waals surface area contributed by atoms with Gasteiger partial charge in [0.1, 0.15) is 6.10 Å². The average molecular weight is 187 g/mol. The molecule has 1 aromatic heterocycles. The minimum atomic E-state index is -0.744. The van der Waals surface area contributed by atoms with Crippen molar-refractivity contribution in [1.29, 1.82) is 0 Å². The van der Waals surface area contributed by atoms with Gasteiger partial charge in [-0.2, -0.15) is 0 Å². The largest absolute Gasteiger partial charge is 0.394 e. The Bertz CT molecular complexity index is 251. The van der Waals surface area contributed by atoms with Gasteiger partial charge >= 0.3 is 0 Å². The summed E-state index contributed by atoms with van der Waals surface area (Å²) >= 11 is 0. The second-order valence-electron chi connectivity index (χ2n) is 2.58. The maximum atomic E-state index is 9.51. The second-order valence-corrected chi connectivity index (χ2v) is 2.58. The second kappa shape index (κ2) is 4.90. The number of nitrogens with zero attached hydrogens (tertiary/aromatic N) is 3. The van der Waals surface area contributed by atoms with Gasteiger partial charge in [0.25, 0.3) is 0 Å². The molecule has 13 heavy (non-hydrogen) atoms. The fourth-order valence-corrected chi connectivity index (χ4v) is 1.04. The summed E-state index contributed by atoms with van der Waals surface area (Å²) in [6, 6.07) is 0. The Hall–Kier alpha value is -0.980. The van der Waals surface area contributed by atoms with Gasteiger partial charge in [0.15, 0.2) is 0 Å². The van der Waals surface area contributed by atoms with Gasteiger partial charge in [-0.05, 0) is 0 Å². The first-order chi connectivity index (χ1) is 6.29. The minimum Gasteiger partial charge on any atom is -0.394 e. The van der Waals surface area contributed by atoms with Crippen molar-refractivity contribution in [2.75, 3.05) is 20.3 Å². The van der Waals surface area contributed by atoms with Crippen LogP contribution in [0, 0.1) is 0 Å². The Morgan fingerprint density at radius 3 is 3.08 bits per heavy atom. The smallest absolute Gasteiger partial charge is 0.120 e. The number of aliphatic hydroxyl groups excluding tert-OH is 2. The van der Waals surface area contributed by atoms with Crippen molar-refractivity contribution >= 4 is 0 Å². The molecule has 1 rings (SSSR count). The zero-order valence-electron chi connectivity index (χ0n) is 7.42. The van der Waals surface area contributed by atoms with Crippen molar-refractivity contribution in [3.63, 3.8) is 0 Å². The Labute approximate surface area is 75.8 Å². The molecule has 0 fully saturated rings. The van der Waals surface area contributed by atoms with Crippen molar-refractivity contribution in [3.8, 4) is 0 Å². The Kier molecular flexibility index (Phi) is 3.81. The van der Waals surface area contributed by atoms with Gasteiger partial charge in [-0.3, -0.25) is 0 Å². The predicted molar refractivity (Wildman–Crippen MR) is 43.9 cm³/mol. The highest BCUT2D eigenvalue weighted by Crippen LogP contribution is 2.10. The van der Waals surface area contributed by atoms with E-state index in [9.17, 15) is 5.11 Å². The highest BCUT2D eigenvalue weighted by Gasteiger charge is 2.13. The number of ether oxygens (including phenoxy) is 1. The number of hydrogen-bond acceptors (Lipinski definition) is 5. The molecule has 1 aromatic rings. The zero-order valence-corrected chi connectivity index (χ0v) is 7.42. The molecule has 6 heteroatoms. The van der Waals surface area contributed by atoms with Crippen LogP contribution in [0.5, 0.6) is 0 Å². The van der Waals surface area contributed by atoms with E-state index in [1.165, 1.54) is 18.0 Å². The minimum absolute atomic E-state index is 0.0317. The highest BCUT2D eigenvalue weighted by atomic mass is 16.5. The van der Waals surface area contributed by atoms with E-state index in [4.69, 9.17) is 9.84 Å². The quantitative estimate of drug-likeness (QED) is 0.614. The van der Waals surface area contributed by atoms with Gasteiger partial charge in [0.2, 0.25) is 0 Å². The van der Waals surface area contributed by atoms with E-state index in [-0.39, 0.29) is 13.2 Å². The number of aromatic nitrogens is 3. The van der Waals surface area contributed by atoms with Gasteiger partial charge in [-0.25, -0.2) is 4.68 Å². The molecule has 0 aromatic carbocycles. The van der Waals surface area contributed by atoms with Crippen LogP contribution in [-0.2, 0) is 11.3 Å². The van der Waals surface area contributed by atoms with E-state index < -0.39 is 6.10 Å². The number of aliphatic hydroxyl groups is 2. The van der Waals surface area contributed by atoms with Crippen LogP contribution in [0.3, 0.4) is 0 Å². The molecule has 0 bridgehead atoms. The summed E-state index contributed by atoms with van der Waals surface area (Å²) in [6.45, 7) is 0.491. The van der Waals surface area contributed by atoms with Crippen molar-refractivity contribution in [2.24, 2.45) is 0 Å². The van der Waals surface area contributed by atoms with Crippen molar-refractivity contribution in [2.45, 2.75) is 12.6 Å². The molecule has 0 aliphatic rings. The Morgan fingerprint density at radius 1 is 1.69 bits per heavy atom. The maximum absolute atomic E-state index is 9.51. The summed E-state index contributed by atoms with van der Waals surface area (Å²) in [5, 5.41) is 25.5. The summed E-state index contributed by atoms with van der Waals surface area (Å²) in [6.07, 6.45) is 0.714. The molecule has 0 saturated heterocycles. The molecule has 1 atom stereocenters. The first kappa shape index (κ1) is 10.1. The molecule has 0 unspecified atom stereocenters. The lowest BCUT2D eigenvalue weighted by molar-refractivity contribution is 0.0578. The highest BCUT2D eigenvalue weighted by molar-refractivity contribution is 4.98. The number of methoxy groups -OCH3 is 1. The predicted octanol–water partition coefficient (Wildman–Crippen LogP) is -1.05. The van der Waals surface area contributed by atoms with E-state index in [2.05, 4.69) is 10.3 Å². The molecule has 0 radical (unpaired) electrons. The standard InChI is InChI=1S/C7H13N3O3/c1-13-5-7(12)6-4-8-9-10(6)2-3-11/h4,7,11-12H,2-3,5H2,1H3/t7-/m0/s1.